The predicted molar refractivity (Wildman–Crippen MR) is 47.7 cm³/mol. The Morgan fingerprint density at radius 3 is 3.00 bits per heavy atom. The summed E-state index contributed by atoms with van der Waals surface area (Å²) in [5.41, 5.74) is 0. The van der Waals surface area contributed by atoms with Gasteiger partial charge in [0.1, 0.15) is 0 Å². The number of rotatable bonds is 3. The van der Waals surface area contributed by atoms with Crippen LogP contribution in [0.1, 0.15) is 0 Å². The van der Waals surface area contributed by atoms with Crippen LogP contribution < -0.4 is 5.11 Å². The van der Waals surface area contributed by atoms with Gasteiger partial charge in [-0.1, -0.05) is 23.1 Å². The summed E-state index contributed by atoms with van der Waals surface area (Å²) in [5, 5.41) is 14.1. The van der Waals surface area contributed by atoms with Crippen molar-refractivity contribution in [1.82, 2.24) is 9.78 Å². The number of hydrogen-bond acceptors (Lipinski definition) is 6. The van der Waals surface area contributed by atoms with Gasteiger partial charge in [-0.05, 0) is 12.2 Å². The van der Waals surface area contributed by atoms with Crippen LogP contribution >= 0.6 is 35.3 Å². The van der Waals surface area contributed by atoms with E-state index in [-0.39, 0.29) is 5.75 Å². The minimum absolute atomic E-state index is 0.0811. The number of carbonyl (C=O) groups excluding carboxylic acids is 1. The standard InChI is InChI=1S/C5H6N2O2S3/c1-7-5(10)12-4(6-7)11-2-3(8)9/h2H2,1H3,(H,8,9)/p-1. The number of hydrogen-bond donors (Lipinski definition) is 0. The van der Waals surface area contributed by atoms with Gasteiger partial charge in [0.25, 0.3) is 0 Å². The number of carboxylic acids is 1. The normalized spacial score (nSPS) is 10.1. The van der Waals surface area contributed by atoms with Gasteiger partial charge in [-0.15, -0.1) is 0 Å². The van der Waals surface area contributed by atoms with Gasteiger partial charge in [-0.25, -0.2) is 4.68 Å². The number of thioether (sulfide) groups is 1. The topological polar surface area (TPSA) is 58.0 Å². The van der Waals surface area contributed by atoms with Crippen LogP contribution in [0.3, 0.4) is 0 Å². The highest BCUT2D eigenvalue weighted by atomic mass is 32.2. The Labute approximate surface area is 82.2 Å². The van der Waals surface area contributed by atoms with E-state index in [1.54, 1.807) is 7.05 Å². The van der Waals surface area contributed by atoms with E-state index in [9.17, 15) is 9.90 Å². The molecule has 7 heteroatoms. The number of carbonyl (C=O) groups is 1. The van der Waals surface area contributed by atoms with Crippen molar-refractivity contribution < 1.29 is 9.90 Å². The molecule has 0 bridgehead atoms. The molecule has 0 aliphatic carbocycles. The third kappa shape index (κ3) is 2.58. The quantitative estimate of drug-likeness (QED) is 0.533. The summed E-state index contributed by atoms with van der Waals surface area (Å²) in [6, 6.07) is 0. The zero-order valence-electron chi connectivity index (χ0n) is 6.14. The molecule has 12 heavy (non-hydrogen) atoms. The summed E-state index contributed by atoms with van der Waals surface area (Å²) in [6.07, 6.45) is 0. The minimum atomic E-state index is -1.09. The lowest BCUT2D eigenvalue weighted by Crippen LogP contribution is -2.24. The van der Waals surface area contributed by atoms with Gasteiger partial charge < -0.3 is 9.90 Å². The van der Waals surface area contributed by atoms with E-state index in [4.69, 9.17) is 12.2 Å². The molecule has 0 aliphatic rings. The number of aliphatic carboxylic acids is 1. The predicted octanol–water partition coefficient (Wildman–Crippen LogP) is 0.0531. The summed E-state index contributed by atoms with van der Waals surface area (Å²) < 4.78 is 2.83. The maximum absolute atomic E-state index is 10.1. The molecule has 0 aromatic carbocycles. The van der Waals surface area contributed by atoms with Crippen LogP contribution in [-0.2, 0) is 11.8 Å². The van der Waals surface area contributed by atoms with E-state index in [0.29, 0.717) is 8.29 Å². The van der Waals surface area contributed by atoms with Crippen LogP contribution in [-0.4, -0.2) is 21.5 Å². The second-order valence-corrected chi connectivity index (χ2v) is 4.76. The SMILES string of the molecule is Cn1nc(SCC(=O)[O-])sc1=S. The lowest BCUT2D eigenvalue weighted by atomic mass is 10.8. The van der Waals surface area contributed by atoms with E-state index in [1.807, 2.05) is 0 Å². The third-order valence-corrected chi connectivity index (χ3v) is 3.51. The van der Waals surface area contributed by atoms with Crippen LogP contribution in [0.25, 0.3) is 0 Å². The van der Waals surface area contributed by atoms with Crippen molar-refractivity contribution in [3.8, 4) is 0 Å². The van der Waals surface area contributed by atoms with Crippen molar-refractivity contribution in [1.29, 1.82) is 0 Å². The number of carboxylic acid groups (broad SMARTS) is 1. The minimum Gasteiger partial charge on any atom is -0.549 e. The highest BCUT2D eigenvalue weighted by Crippen LogP contribution is 2.20. The lowest BCUT2D eigenvalue weighted by molar-refractivity contribution is -0.301. The molecular weight excluding hydrogens is 216 g/mol. The van der Waals surface area contributed by atoms with E-state index >= 15 is 0 Å². The lowest BCUT2D eigenvalue weighted by Gasteiger charge is -1.96. The van der Waals surface area contributed by atoms with E-state index in [0.717, 1.165) is 11.8 Å². The van der Waals surface area contributed by atoms with Gasteiger partial charge in [-0.3, -0.25) is 0 Å². The Balaban J connectivity index is 2.65. The molecule has 0 aliphatic heterocycles. The summed E-state index contributed by atoms with van der Waals surface area (Å²) in [5.74, 6) is -1.17. The summed E-state index contributed by atoms with van der Waals surface area (Å²) in [6.45, 7) is 0. The summed E-state index contributed by atoms with van der Waals surface area (Å²) in [4.78, 5) is 10.1. The van der Waals surface area contributed by atoms with Crippen LogP contribution in [0.4, 0.5) is 0 Å². The molecule has 0 saturated carbocycles. The highest BCUT2D eigenvalue weighted by Gasteiger charge is 2.00. The number of aryl methyl sites for hydroxylation is 1. The molecule has 1 rings (SSSR count). The number of nitrogens with zero attached hydrogens (tertiary/aromatic N) is 2. The first kappa shape index (κ1) is 9.69. The zero-order valence-corrected chi connectivity index (χ0v) is 8.59. The Morgan fingerprint density at radius 1 is 1.92 bits per heavy atom. The van der Waals surface area contributed by atoms with E-state index < -0.39 is 5.97 Å². The van der Waals surface area contributed by atoms with Crippen molar-refractivity contribution in [3.05, 3.63) is 3.95 Å². The molecule has 4 nitrogen and oxygen atoms in total. The van der Waals surface area contributed by atoms with E-state index in [2.05, 4.69) is 5.10 Å². The molecule has 0 saturated heterocycles. The van der Waals surface area contributed by atoms with E-state index in [1.165, 1.54) is 16.0 Å². The first-order valence-corrected chi connectivity index (χ1v) is 5.17. The first-order chi connectivity index (χ1) is 5.59. The van der Waals surface area contributed by atoms with Crippen LogP contribution in [0.15, 0.2) is 4.34 Å². The monoisotopic (exact) mass is 221 g/mol. The fourth-order valence-electron chi connectivity index (χ4n) is 0.503. The van der Waals surface area contributed by atoms with Gasteiger partial charge in [0.2, 0.25) is 0 Å². The first-order valence-electron chi connectivity index (χ1n) is 2.96. The van der Waals surface area contributed by atoms with Crippen molar-refractivity contribution >= 4 is 41.3 Å². The Morgan fingerprint density at radius 2 is 2.58 bits per heavy atom. The van der Waals surface area contributed by atoms with Crippen molar-refractivity contribution in [2.75, 3.05) is 5.75 Å². The van der Waals surface area contributed by atoms with Gasteiger partial charge in [0, 0.05) is 12.8 Å². The maximum atomic E-state index is 10.1. The molecule has 0 unspecified atom stereocenters. The molecule has 0 spiro atoms. The molecular formula is C5H5N2O2S3-. The van der Waals surface area contributed by atoms with Gasteiger partial charge in [0.05, 0.1) is 5.97 Å². The van der Waals surface area contributed by atoms with Gasteiger partial charge in [0.15, 0.2) is 8.29 Å². The fraction of sp³-hybridized carbons (Fsp3) is 0.400. The largest absolute Gasteiger partial charge is 0.549 e. The maximum Gasteiger partial charge on any atom is 0.179 e. The van der Waals surface area contributed by atoms with Crippen molar-refractivity contribution in [2.45, 2.75) is 4.34 Å². The molecule has 0 amide bonds. The smallest absolute Gasteiger partial charge is 0.179 e. The molecule has 0 atom stereocenters. The molecule has 0 fully saturated rings. The van der Waals surface area contributed by atoms with Crippen LogP contribution in [0.2, 0.25) is 0 Å². The van der Waals surface area contributed by atoms with Crippen LogP contribution in [0, 0.1) is 3.95 Å². The Hall–Kier alpha value is -0.400. The fourth-order valence-corrected chi connectivity index (χ4v) is 2.50. The average Bonchev–Trinajstić information content (AvgIpc) is 2.28. The second-order valence-electron chi connectivity index (χ2n) is 1.92. The molecule has 0 radical (unpaired) electrons. The second kappa shape index (κ2) is 4.01. The van der Waals surface area contributed by atoms with Gasteiger partial charge in [-0.2, -0.15) is 5.10 Å². The molecule has 0 N–H and O–H groups in total. The molecule has 1 heterocycles. The summed E-state index contributed by atoms with van der Waals surface area (Å²) >= 11 is 7.31. The van der Waals surface area contributed by atoms with Crippen molar-refractivity contribution in [3.63, 3.8) is 0 Å². The third-order valence-electron chi connectivity index (χ3n) is 0.984. The molecule has 1 aromatic heterocycles. The van der Waals surface area contributed by atoms with Crippen molar-refractivity contribution in [2.24, 2.45) is 7.05 Å². The molecule has 1 aromatic rings. The van der Waals surface area contributed by atoms with Gasteiger partial charge >= 0.3 is 0 Å². The summed E-state index contributed by atoms with van der Waals surface area (Å²) in [7, 11) is 1.72. The highest BCUT2D eigenvalue weighted by molar-refractivity contribution is 8.01. The Bertz CT molecular complexity index is 343. The zero-order chi connectivity index (χ0) is 9.14. The number of aromatic nitrogens is 2. The van der Waals surface area contributed by atoms with Crippen LogP contribution in [0.5, 0.6) is 0 Å². The average molecular weight is 221 g/mol. The molecule has 66 valence electrons. The Kier molecular flexibility index (Phi) is 3.24.